The van der Waals surface area contributed by atoms with Gasteiger partial charge < -0.3 is 5.11 Å². The molecule has 0 aliphatic rings. The highest BCUT2D eigenvalue weighted by atomic mass is 35.5. The summed E-state index contributed by atoms with van der Waals surface area (Å²) in [7, 11) is 0. The fourth-order valence-electron chi connectivity index (χ4n) is 1.44. The van der Waals surface area contributed by atoms with Crippen LogP contribution in [0.3, 0.4) is 0 Å². The molecule has 0 saturated carbocycles. The number of fused-ring (bicyclic) bond motifs is 1. The van der Waals surface area contributed by atoms with E-state index in [1.165, 1.54) is 0 Å². The molecule has 0 radical (unpaired) electrons. The van der Waals surface area contributed by atoms with E-state index < -0.39 is 0 Å². The van der Waals surface area contributed by atoms with Crippen molar-refractivity contribution in [3.63, 3.8) is 0 Å². The lowest BCUT2D eigenvalue weighted by Crippen LogP contribution is -1.78. The number of benzene rings is 2. The normalized spacial score (nSPS) is 11.2. The van der Waals surface area contributed by atoms with E-state index in [-0.39, 0.29) is 0 Å². The molecule has 0 unspecified atom stereocenters. The van der Waals surface area contributed by atoms with Crippen molar-refractivity contribution < 1.29 is 5.11 Å². The van der Waals surface area contributed by atoms with Crippen LogP contribution in [0, 0.1) is 0 Å². The van der Waals surface area contributed by atoms with Gasteiger partial charge in [0.25, 0.3) is 0 Å². The van der Waals surface area contributed by atoms with Crippen molar-refractivity contribution in [2.24, 2.45) is 0 Å². The zero-order valence-electron chi connectivity index (χ0n) is 7.44. The van der Waals surface area contributed by atoms with E-state index >= 15 is 0 Å². The van der Waals surface area contributed by atoms with Crippen molar-refractivity contribution in [3.8, 4) is 0 Å². The standard InChI is InChI=1S/C12H9ClO/c13-12-8-10-4-2-1-3-9(10)7-11(12)5-6-14/h1-8,14H. The first-order chi connectivity index (χ1) is 6.81. The summed E-state index contributed by atoms with van der Waals surface area (Å²) in [5.41, 5.74) is 0.827. The zero-order chi connectivity index (χ0) is 9.97. The summed E-state index contributed by atoms with van der Waals surface area (Å²) in [6.45, 7) is 0. The van der Waals surface area contributed by atoms with Gasteiger partial charge in [-0.15, -0.1) is 0 Å². The molecule has 0 aliphatic heterocycles. The van der Waals surface area contributed by atoms with Crippen LogP contribution in [0.5, 0.6) is 0 Å². The maximum atomic E-state index is 8.68. The second-order valence-corrected chi connectivity index (χ2v) is 3.44. The molecule has 0 bridgehead atoms. The van der Waals surface area contributed by atoms with Gasteiger partial charge in [0.1, 0.15) is 0 Å². The molecule has 0 aliphatic carbocycles. The van der Waals surface area contributed by atoms with E-state index in [9.17, 15) is 0 Å². The fourth-order valence-corrected chi connectivity index (χ4v) is 1.67. The minimum Gasteiger partial charge on any atom is -0.516 e. The largest absolute Gasteiger partial charge is 0.516 e. The SMILES string of the molecule is OC=Cc1cc2ccccc2cc1Cl. The molecule has 0 atom stereocenters. The first kappa shape index (κ1) is 9.10. The Hall–Kier alpha value is -1.47. The summed E-state index contributed by atoms with van der Waals surface area (Å²) in [6, 6.07) is 11.8. The summed E-state index contributed by atoms with van der Waals surface area (Å²) in [5.74, 6) is 0. The van der Waals surface area contributed by atoms with Crippen LogP contribution in [-0.2, 0) is 0 Å². The van der Waals surface area contributed by atoms with Crippen LogP contribution in [0.1, 0.15) is 5.56 Å². The lowest BCUT2D eigenvalue weighted by Gasteiger charge is -2.01. The van der Waals surface area contributed by atoms with Gasteiger partial charge >= 0.3 is 0 Å². The lowest BCUT2D eigenvalue weighted by molar-refractivity contribution is 0.478. The van der Waals surface area contributed by atoms with Gasteiger partial charge in [0, 0.05) is 5.02 Å². The summed E-state index contributed by atoms with van der Waals surface area (Å²) in [5, 5.41) is 11.5. The molecule has 2 rings (SSSR count). The molecule has 0 fully saturated rings. The molecule has 0 spiro atoms. The maximum Gasteiger partial charge on any atom is 0.0798 e. The van der Waals surface area contributed by atoms with Crippen molar-refractivity contribution in [1.29, 1.82) is 0 Å². The molecule has 14 heavy (non-hydrogen) atoms. The van der Waals surface area contributed by atoms with Crippen LogP contribution in [0.25, 0.3) is 16.8 Å². The van der Waals surface area contributed by atoms with Crippen LogP contribution in [0.2, 0.25) is 5.02 Å². The molecular formula is C12H9ClO. The molecule has 0 saturated heterocycles. The van der Waals surface area contributed by atoms with Crippen molar-refractivity contribution in [2.75, 3.05) is 0 Å². The highest BCUT2D eigenvalue weighted by Gasteiger charge is 1.99. The van der Waals surface area contributed by atoms with Gasteiger partial charge in [-0.1, -0.05) is 35.9 Å². The van der Waals surface area contributed by atoms with E-state index in [0.29, 0.717) is 5.02 Å². The third-order valence-electron chi connectivity index (χ3n) is 2.12. The third-order valence-corrected chi connectivity index (χ3v) is 2.45. The zero-order valence-corrected chi connectivity index (χ0v) is 8.20. The summed E-state index contributed by atoms with van der Waals surface area (Å²) >= 11 is 6.02. The Morgan fingerprint density at radius 3 is 2.36 bits per heavy atom. The van der Waals surface area contributed by atoms with Crippen LogP contribution >= 0.6 is 11.6 Å². The fraction of sp³-hybridized carbons (Fsp3) is 0. The molecule has 2 aromatic rings. The van der Waals surface area contributed by atoms with Crippen LogP contribution in [0.15, 0.2) is 42.7 Å². The second kappa shape index (κ2) is 3.72. The van der Waals surface area contributed by atoms with Crippen molar-refractivity contribution >= 4 is 28.4 Å². The quantitative estimate of drug-likeness (QED) is 0.696. The number of hydrogen-bond donors (Lipinski definition) is 1. The predicted molar refractivity (Wildman–Crippen MR) is 60.6 cm³/mol. The molecule has 0 aromatic heterocycles. The number of aliphatic hydroxyl groups is 1. The van der Waals surface area contributed by atoms with Gasteiger partial charge in [-0.05, 0) is 34.5 Å². The molecule has 70 valence electrons. The molecule has 2 heteroatoms. The molecule has 0 amide bonds. The molecule has 1 N–H and O–H groups in total. The van der Waals surface area contributed by atoms with Gasteiger partial charge in [-0.2, -0.15) is 0 Å². The predicted octanol–water partition coefficient (Wildman–Crippen LogP) is 4.02. The molecule has 0 heterocycles. The number of hydrogen-bond acceptors (Lipinski definition) is 1. The van der Waals surface area contributed by atoms with Gasteiger partial charge in [0.2, 0.25) is 0 Å². The first-order valence-electron chi connectivity index (χ1n) is 4.30. The van der Waals surface area contributed by atoms with E-state index in [1.807, 2.05) is 36.4 Å². The topological polar surface area (TPSA) is 20.2 Å². The highest BCUT2D eigenvalue weighted by Crippen LogP contribution is 2.24. The van der Waals surface area contributed by atoms with Crippen molar-refractivity contribution in [1.82, 2.24) is 0 Å². The van der Waals surface area contributed by atoms with E-state index in [4.69, 9.17) is 16.7 Å². The monoisotopic (exact) mass is 204 g/mol. The molecular weight excluding hydrogens is 196 g/mol. The summed E-state index contributed by atoms with van der Waals surface area (Å²) in [6.07, 6.45) is 2.57. The first-order valence-corrected chi connectivity index (χ1v) is 4.68. The maximum absolute atomic E-state index is 8.68. The average molecular weight is 205 g/mol. The Balaban J connectivity index is 2.70. The number of aliphatic hydroxyl groups excluding tert-OH is 1. The number of halogens is 1. The highest BCUT2D eigenvalue weighted by molar-refractivity contribution is 6.32. The Kier molecular flexibility index (Phi) is 2.42. The smallest absolute Gasteiger partial charge is 0.0798 e. The molecule has 1 nitrogen and oxygen atoms in total. The van der Waals surface area contributed by atoms with Gasteiger partial charge in [-0.3, -0.25) is 0 Å². The Bertz CT molecular complexity index is 489. The van der Waals surface area contributed by atoms with Crippen molar-refractivity contribution in [3.05, 3.63) is 53.2 Å². The minimum atomic E-state index is 0.647. The van der Waals surface area contributed by atoms with E-state index in [2.05, 4.69) is 0 Å². The van der Waals surface area contributed by atoms with Crippen LogP contribution < -0.4 is 0 Å². The molecule has 2 aromatic carbocycles. The average Bonchev–Trinajstić information content (AvgIpc) is 2.19. The minimum absolute atomic E-state index is 0.647. The summed E-state index contributed by atoms with van der Waals surface area (Å²) in [4.78, 5) is 0. The Labute approximate surface area is 87.3 Å². The Morgan fingerprint density at radius 2 is 1.71 bits per heavy atom. The van der Waals surface area contributed by atoms with Crippen molar-refractivity contribution in [2.45, 2.75) is 0 Å². The van der Waals surface area contributed by atoms with E-state index in [1.54, 1.807) is 6.08 Å². The Morgan fingerprint density at radius 1 is 1.07 bits per heavy atom. The third kappa shape index (κ3) is 1.59. The summed E-state index contributed by atoms with van der Waals surface area (Å²) < 4.78 is 0. The second-order valence-electron chi connectivity index (χ2n) is 3.04. The van der Waals surface area contributed by atoms with Gasteiger partial charge in [-0.25, -0.2) is 0 Å². The van der Waals surface area contributed by atoms with E-state index in [0.717, 1.165) is 22.6 Å². The number of rotatable bonds is 1. The lowest BCUT2D eigenvalue weighted by atomic mass is 10.1. The van der Waals surface area contributed by atoms with Crippen LogP contribution in [-0.4, -0.2) is 5.11 Å². The van der Waals surface area contributed by atoms with Gasteiger partial charge in [0.15, 0.2) is 0 Å². The van der Waals surface area contributed by atoms with Gasteiger partial charge in [0.05, 0.1) is 6.26 Å². The van der Waals surface area contributed by atoms with Crippen LogP contribution in [0.4, 0.5) is 0 Å².